The summed E-state index contributed by atoms with van der Waals surface area (Å²) in [4.78, 5) is 21.0. The molecule has 4 rings (SSSR count). The molecule has 1 unspecified atom stereocenters. The Hall–Kier alpha value is -2.68. The summed E-state index contributed by atoms with van der Waals surface area (Å²) in [5.41, 5.74) is 2.45. The molecule has 2 aliphatic rings. The summed E-state index contributed by atoms with van der Waals surface area (Å²) in [6, 6.07) is 6.85. The van der Waals surface area contributed by atoms with Gasteiger partial charge in [0.15, 0.2) is 0 Å². The van der Waals surface area contributed by atoms with Crippen molar-refractivity contribution < 1.29 is 14.6 Å². The van der Waals surface area contributed by atoms with Crippen molar-refractivity contribution in [2.24, 2.45) is 5.92 Å². The first-order valence-electron chi connectivity index (χ1n) is 10.4. The number of carbonyl (C=O) groups excluding carboxylic acids is 1. The van der Waals surface area contributed by atoms with E-state index in [-0.39, 0.29) is 11.9 Å². The van der Waals surface area contributed by atoms with Crippen molar-refractivity contribution in [2.75, 3.05) is 29.2 Å². The van der Waals surface area contributed by atoms with Crippen LogP contribution in [0.1, 0.15) is 31.7 Å². The van der Waals surface area contributed by atoms with E-state index in [4.69, 9.17) is 16.3 Å². The molecule has 1 aromatic heterocycles. The van der Waals surface area contributed by atoms with Crippen molar-refractivity contribution in [1.29, 1.82) is 0 Å². The molecule has 3 heterocycles. The number of aliphatic hydroxyl groups is 1. The van der Waals surface area contributed by atoms with Gasteiger partial charge < -0.3 is 25.8 Å². The minimum absolute atomic E-state index is 0.0623. The Balaban J connectivity index is 1.40. The minimum atomic E-state index is -0.849. The van der Waals surface area contributed by atoms with Gasteiger partial charge in [-0.15, -0.1) is 0 Å². The third kappa shape index (κ3) is 5.52. The van der Waals surface area contributed by atoms with Gasteiger partial charge in [0.05, 0.1) is 6.04 Å². The van der Waals surface area contributed by atoms with E-state index in [0.29, 0.717) is 42.3 Å². The van der Waals surface area contributed by atoms with Gasteiger partial charge in [-0.05, 0) is 61.6 Å². The quantitative estimate of drug-likeness (QED) is 0.541. The normalized spacial score (nSPS) is 19.6. The summed E-state index contributed by atoms with van der Waals surface area (Å²) >= 11 is 6.09. The Bertz CT molecular complexity index is 977. The molecule has 0 saturated carbocycles. The molecule has 1 amide bonds. The van der Waals surface area contributed by atoms with Crippen LogP contribution >= 0.6 is 11.6 Å². The van der Waals surface area contributed by atoms with Crippen molar-refractivity contribution in [3.05, 3.63) is 46.6 Å². The fraction of sp³-hybridized carbons (Fsp3) is 0.409. The average molecular weight is 444 g/mol. The first kappa shape index (κ1) is 21.5. The van der Waals surface area contributed by atoms with E-state index < -0.39 is 6.23 Å². The average Bonchev–Trinajstić information content (AvgIpc) is 2.74. The molecule has 8 nitrogen and oxygen atoms in total. The van der Waals surface area contributed by atoms with E-state index >= 15 is 0 Å². The summed E-state index contributed by atoms with van der Waals surface area (Å²) in [5, 5.41) is 20.2. The van der Waals surface area contributed by atoms with Crippen LogP contribution in [0.4, 0.5) is 17.5 Å². The summed E-state index contributed by atoms with van der Waals surface area (Å²) in [6.07, 6.45) is 4.91. The molecular weight excluding hydrogens is 418 g/mol. The van der Waals surface area contributed by atoms with E-state index in [9.17, 15) is 9.90 Å². The van der Waals surface area contributed by atoms with E-state index in [1.165, 1.54) is 0 Å². The molecule has 1 saturated heterocycles. The number of aliphatic hydroxyl groups excluding tert-OH is 1. The standard InChI is InChI=1S/C22H26ClN5O3/c1-13(17-12-15-11-16(23)2-3-18(15)26-21(17)30)25-22-24-7-4-19(28-22)27-20(29)10-14-5-8-31-9-6-14/h2-4,7,11-14,21,26,30H,5-6,8-10H2,1H3,(H2,24,25,27,28,29)/t13-,21?/m0/s1. The Kier molecular flexibility index (Phi) is 6.70. The monoisotopic (exact) mass is 443 g/mol. The van der Waals surface area contributed by atoms with Crippen molar-refractivity contribution in [1.82, 2.24) is 9.97 Å². The van der Waals surface area contributed by atoms with Crippen LogP contribution in [0.5, 0.6) is 0 Å². The largest absolute Gasteiger partial charge is 0.381 e. The Morgan fingerprint density at radius 2 is 2.16 bits per heavy atom. The Labute approximate surface area is 186 Å². The van der Waals surface area contributed by atoms with Crippen molar-refractivity contribution >= 4 is 41.0 Å². The molecule has 9 heteroatoms. The van der Waals surface area contributed by atoms with E-state index in [1.54, 1.807) is 18.3 Å². The topological polar surface area (TPSA) is 108 Å². The van der Waals surface area contributed by atoms with Crippen LogP contribution < -0.4 is 16.0 Å². The number of aromatic nitrogens is 2. The van der Waals surface area contributed by atoms with Gasteiger partial charge in [-0.25, -0.2) is 4.98 Å². The SMILES string of the molecule is C[C@H](Nc1nccc(NC(=O)CC2CCOCC2)n1)C1=Cc2cc(Cl)ccc2NC1O. The number of fused-ring (bicyclic) bond motifs is 1. The van der Waals surface area contributed by atoms with Crippen LogP contribution in [0.25, 0.3) is 6.08 Å². The summed E-state index contributed by atoms with van der Waals surface area (Å²) < 4.78 is 5.34. The van der Waals surface area contributed by atoms with E-state index in [1.807, 2.05) is 25.1 Å². The lowest BCUT2D eigenvalue weighted by molar-refractivity contribution is -0.117. The van der Waals surface area contributed by atoms with Gasteiger partial charge in [0.1, 0.15) is 12.0 Å². The van der Waals surface area contributed by atoms with E-state index in [0.717, 1.165) is 29.7 Å². The highest BCUT2D eigenvalue weighted by atomic mass is 35.5. The second-order valence-electron chi connectivity index (χ2n) is 7.86. The number of ether oxygens (including phenoxy) is 1. The second-order valence-corrected chi connectivity index (χ2v) is 8.30. The highest BCUT2D eigenvalue weighted by Gasteiger charge is 2.24. The Morgan fingerprint density at radius 1 is 1.35 bits per heavy atom. The fourth-order valence-corrected chi connectivity index (χ4v) is 4.00. The molecule has 0 bridgehead atoms. The van der Waals surface area contributed by atoms with Crippen LogP contribution in [0.15, 0.2) is 36.0 Å². The van der Waals surface area contributed by atoms with Gasteiger partial charge in [0.2, 0.25) is 11.9 Å². The molecule has 1 fully saturated rings. The van der Waals surface area contributed by atoms with Crippen LogP contribution in [-0.4, -0.2) is 46.5 Å². The molecule has 31 heavy (non-hydrogen) atoms. The highest BCUT2D eigenvalue weighted by Crippen LogP contribution is 2.30. The number of hydrogen-bond donors (Lipinski definition) is 4. The summed E-state index contributed by atoms with van der Waals surface area (Å²) in [6.45, 7) is 3.33. The molecule has 0 radical (unpaired) electrons. The number of halogens is 1. The molecule has 1 aromatic carbocycles. The van der Waals surface area contributed by atoms with Gasteiger partial charge >= 0.3 is 0 Å². The van der Waals surface area contributed by atoms with Crippen molar-refractivity contribution in [3.63, 3.8) is 0 Å². The minimum Gasteiger partial charge on any atom is -0.381 e. The maximum atomic E-state index is 12.4. The molecule has 164 valence electrons. The third-order valence-electron chi connectivity index (χ3n) is 5.53. The van der Waals surface area contributed by atoms with Crippen LogP contribution in [0.3, 0.4) is 0 Å². The van der Waals surface area contributed by atoms with Crippen molar-refractivity contribution in [3.8, 4) is 0 Å². The maximum absolute atomic E-state index is 12.4. The zero-order valence-electron chi connectivity index (χ0n) is 17.3. The number of nitrogens with one attached hydrogen (secondary N) is 3. The number of amides is 1. The predicted molar refractivity (Wildman–Crippen MR) is 121 cm³/mol. The zero-order valence-corrected chi connectivity index (χ0v) is 18.0. The first-order valence-corrected chi connectivity index (χ1v) is 10.8. The molecule has 0 aliphatic carbocycles. The number of rotatable bonds is 6. The molecule has 0 spiro atoms. The van der Waals surface area contributed by atoms with Gasteiger partial charge in [-0.3, -0.25) is 4.79 Å². The van der Waals surface area contributed by atoms with Crippen molar-refractivity contribution in [2.45, 2.75) is 38.5 Å². The third-order valence-corrected chi connectivity index (χ3v) is 5.76. The van der Waals surface area contributed by atoms with Crippen LogP contribution in [-0.2, 0) is 9.53 Å². The van der Waals surface area contributed by atoms with Crippen LogP contribution in [0, 0.1) is 5.92 Å². The molecule has 2 aromatic rings. The van der Waals surface area contributed by atoms with Gasteiger partial charge in [-0.1, -0.05) is 11.6 Å². The van der Waals surface area contributed by atoms with Crippen LogP contribution in [0.2, 0.25) is 5.02 Å². The fourth-order valence-electron chi connectivity index (χ4n) is 3.82. The number of benzene rings is 1. The number of hydrogen-bond acceptors (Lipinski definition) is 7. The molecule has 2 aliphatic heterocycles. The number of nitrogens with zero attached hydrogens (tertiary/aromatic N) is 2. The zero-order chi connectivity index (χ0) is 21.8. The number of anilines is 3. The first-order chi connectivity index (χ1) is 15.0. The summed E-state index contributed by atoms with van der Waals surface area (Å²) in [7, 11) is 0. The molecule has 2 atom stereocenters. The molecular formula is C22H26ClN5O3. The van der Waals surface area contributed by atoms with Gasteiger partial charge in [0.25, 0.3) is 0 Å². The lowest BCUT2D eigenvalue weighted by atomic mass is 9.96. The highest BCUT2D eigenvalue weighted by molar-refractivity contribution is 6.30. The van der Waals surface area contributed by atoms with E-state index in [2.05, 4.69) is 25.9 Å². The predicted octanol–water partition coefficient (Wildman–Crippen LogP) is 3.51. The van der Waals surface area contributed by atoms with Gasteiger partial charge in [-0.2, -0.15) is 4.98 Å². The molecule has 4 N–H and O–H groups in total. The second kappa shape index (κ2) is 9.64. The Morgan fingerprint density at radius 3 is 2.97 bits per heavy atom. The van der Waals surface area contributed by atoms with Gasteiger partial charge in [0, 0.05) is 42.1 Å². The smallest absolute Gasteiger partial charge is 0.225 e. The lowest BCUT2D eigenvalue weighted by Crippen LogP contribution is -2.34. The summed E-state index contributed by atoms with van der Waals surface area (Å²) in [5.74, 6) is 1.08. The lowest BCUT2D eigenvalue weighted by Gasteiger charge is -2.28. The number of carbonyl (C=O) groups is 1. The maximum Gasteiger partial charge on any atom is 0.225 e.